The molecule has 98 valence electrons. The van der Waals surface area contributed by atoms with Gasteiger partial charge in [-0.1, -0.05) is 18.2 Å². The van der Waals surface area contributed by atoms with E-state index in [0.29, 0.717) is 5.69 Å². The number of carbonyl (C=O) groups excluding carboxylic acids is 1. The van der Waals surface area contributed by atoms with Crippen LogP contribution in [0.3, 0.4) is 0 Å². The van der Waals surface area contributed by atoms with E-state index in [1.54, 1.807) is 13.1 Å². The molecule has 1 aromatic heterocycles. The van der Waals surface area contributed by atoms with Gasteiger partial charge in [0.1, 0.15) is 5.69 Å². The van der Waals surface area contributed by atoms with Gasteiger partial charge in [0, 0.05) is 12.6 Å². The molecule has 0 bridgehead atoms. The van der Waals surface area contributed by atoms with Gasteiger partial charge in [-0.3, -0.25) is 9.78 Å². The summed E-state index contributed by atoms with van der Waals surface area (Å²) in [6.45, 7) is 3.65. The summed E-state index contributed by atoms with van der Waals surface area (Å²) < 4.78 is 26.6. The normalized spacial score (nSPS) is 10.5. The maximum atomic E-state index is 13.5. The lowest BCUT2D eigenvalue weighted by molar-refractivity contribution is 0.0986. The highest BCUT2D eigenvalue weighted by Crippen LogP contribution is 2.15. The molecule has 2 aromatic rings. The van der Waals surface area contributed by atoms with E-state index in [2.05, 4.69) is 4.98 Å². The molecular weight excluding hydrogens is 248 g/mol. The summed E-state index contributed by atoms with van der Waals surface area (Å²) in [5.74, 6) is -2.23. The molecule has 0 aliphatic rings. The molecule has 0 unspecified atom stereocenters. The van der Waals surface area contributed by atoms with Crippen molar-refractivity contribution in [2.45, 2.75) is 20.3 Å². The zero-order chi connectivity index (χ0) is 14.0. The lowest BCUT2D eigenvalue weighted by atomic mass is 10.0. The summed E-state index contributed by atoms with van der Waals surface area (Å²) in [6, 6.07) is 5.65. The standard InChI is InChI=1S/C15H13F2NO/c1-9-6-10(2)15(18-8-9)13(19)7-11-4-3-5-12(16)14(11)17/h3-6,8H,7H2,1-2H3. The highest BCUT2D eigenvalue weighted by atomic mass is 19.2. The largest absolute Gasteiger partial charge is 0.292 e. The first kappa shape index (κ1) is 13.3. The van der Waals surface area contributed by atoms with E-state index in [0.717, 1.165) is 17.2 Å². The molecule has 0 spiro atoms. The molecule has 1 heterocycles. The number of hydrogen-bond acceptors (Lipinski definition) is 2. The SMILES string of the molecule is Cc1cnc(C(=O)Cc2cccc(F)c2F)c(C)c1. The van der Waals surface area contributed by atoms with Gasteiger partial charge in [0.05, 0.1) is 0 Å². The summed E-state index contributed by atoms with van der Waals surface area (Å²) in [6.07, 6.45) is 1.39. The van der Waals surface area contributed by atoms with E-state index in [-0.39, 0.29) is 17.8 Å². The fraction of sp³-hybridized carbons (Fsp3) is 0.200. The number of Topliss-reactive ketones (excluding diaryl/α,β-unsaturated/α-hetero) is 1. The predicted octanol–water partition coefficient (Wildman–Crippen LogP) is 3.40. The minimum absolute atomic E-state index is 0.0479. The maximum Gasteiger partial charge on any atom is 0.185 e. The molecule has 0 radical (unpaired) electrons. The smallest absolute Gasteiger partial charge is 0.185 e. The van der Waals surface area contributed by atoms with Crippen LogP contribution in [0.2, 0.25) is 0 Å². The number of carbonyl (C=O) groups is 1. The van der Waals surface area contributed by atoms with Crippen molar-refractivity contribution in [3.63, 3.8) is 0 Å². The van der Waals surface area contributed by atoms with Crippen LogP contribution in [0.4, 0.5) is 8.78 Å². The van der Waals surface area contributed by atoms with Gasteiger partial charge in [0.25, 0.3) is 0 Å². The summed E-state index contributed by atoms with van der Waals surface area (Å²) >= 11 is 0. The molecule has 4 heteroatoms. The zero-order valence-corrected chi connectivity index (χ0v) is 10.7. The van der Waals surface area contributed by atoms with Gasteiger partial charge in [-0.15, -0.1) is 0 Å². The monoisotopic (exact) mass is 261 g/mol. The Kier molecular flexibility index (Phi) is 3.69. The fourth-order valence-electron chi connectivity index (χ4n) is 1.95. The number of rotatable bonds is 3. The number of pyridine rings is 1. The lowest BCUT2D eigenvalue weighted by Crippen LogP contribution is -2.10. The Morgan fingerprint density at radius 2 is 2.00 bits per heavy atom. The average Bonchev–Trinajstić information content (AvgIpc) is 2.34. The first-order chi connectivity index (χ1) is 8.99. The van der Waals surface area contributed by atoms with Crippen LogP contribution in [0.5, 0.6) is 0 Å². The summed E-state index contributed by atoms with van der Waals surface area (Å²) in [4.78, 5) is 16.1. The first-order valence-corrected chi connectivity index (χ1v) is 5.88. The molecule has 0 saturated heterocycles. The lowest BCUT2D eigenvalue weighted by Gasteiger charge is -2.06. The Balaban J connectivity index is 2.28. The summed E-state index contributed by atoms with van der Waals surface area (Å²) in [7, 11) is 0. The molecule has 2 nitrogen and oxygen atoms in total. The third kappa shape index (κ3) is 2.84. The number of benzene rings is 1. The van der Waals surface area contributed by atoms with Crippen LogP contribution in [-0.4, -0.2) is 10.8 Å². The summed E-state index contributed by atoms with van der Waals surface area (Å²) in [5, 5.41) is 0. The Labute approximate surface area is 110 Å². The minimum atomic E-state index is -0.972. The number of aryl methyl sites for hydroxylation is 2. The molecule has 2 rings (SSSR count). The minimum Gasteiger partial charge on any atom is -0.292 e. The van der Waals surface area contributed by atoms with E-state index >= 15 is 0 Å². The molecule has 19 heavy (non-hydrogen) atoms. The molecule has 0 atom stereocenters. The third-order valence-electron chi connectivity index (χ3n) is 2.86. The average molecular weight is 261 g/mol. The van der Waals surface area contributed by atoms with Crippen molar-refractivity contribution in [3.05, 3.63) is 64.5 Å². The van der Waals surface area contributed by atoms with Gasteiger partial charge in [-0.05, 0) is 36.6 Å². The van der Waals surface area contributed by atoms with Crippen molar-refractivity contribution in [3.8, 4) is 0 Å². The van der Waals surface area contributed by atoms with Crippen molar-refractivity contribution < 1.29 is 13.6 Å². The predicted molar refractivity (Wildman–Crippen MR) is 68.1 cm³/mol. The molecule has 0 aliphatic heterocycles. The van der Waals surface area contributed by atoms with Gasteiger partial charge in [-0.25, -0.2) is 8.78 Å². The number of nitrogens with zero attached hydrogens (tertiary/aromatic N) is 1. The van der Waals surface area contributed by atoms with Crippen molar-refractivity contribution in [2.24, 2.45) is 0 Å². The molecule has 0 aliphatic carbocycles. The third-order valence-corrected chi connectivity index (χ3v) is 2.86. The number of halogens is 2. The molecule has 0 saturated carbocycles. The molecular formula is C15H13F2NO. The molecule has 0 N–H and O–H groups in total. The van der Waals surface area contributed by atoms with E-state index in [4.69, 9.17) is 0 Å². The molecule has 1 aromatic carbocycles. The zero-order valence-electron chi connectivity index (χ0n) is 10.7. The number of hydrogen-bond donors (Lipinski definition) is 0. The quantitative estimate of drug-likeness (QED) is 0.792. The van der Waals surface area contributed by atoms with Crippen LogP contribution in [0.1, 0.15) is 27.2 Å². The fourth-order valence-corrected chi connectivity index (χ4v) is 1.95. The van der Waals surface area contributed by atoms with E-state index in [9.17, 15) is 13.6 Å². The van der Waals surface area contributed by atoms with Gasteiger partial charge in [0.15, 0.2) is 17.4 Å². The van der Waals surface area contributed by atoms with Crippen molar-refractivity contribution in [2.75, 3.05) is 0 Å². The van der Waals surface area contributed by atoms with Crippen LogP contribution in [0.15, 0.2) is 30.5 Å². The van der Waals surface area contributed by atoms with E-state index < -0.39 is 11.6 Å². The van der Waals surface area contributed by atoms with Crippen molar-refractivity contribution in [1.29, 1.82) is 0 Å². The van der Waals surface area contributed by atoms with Crippen LogP contribution >= 0.6 is 0 Å². The van der Waals surface area contributed by atoms with Crippen molar-refractivity contribution in [1.82, 2.24) is 4.98 Å². The van der Waals surface area contributed by atoms with Crippen LogP contribution in [0.25, 0.3) is 0 Å². The number of aromatic nitrogens is 1. The van der Waals surface area contributed by atoms with Gasteiger partial charge < -0.3 is 0 Å². The Hall–Kier alpha value is -2.10. The number of ketones is 1. The van der Waals surface area contributed by atoms with Crippen LogP contribution in [0, 0.1) is 25.5 Å². The Bertz CT molecular complexity index is 638. The van der Waals surface area contributed by atoms with Crippen LogP contribution < -0.4 is 0 Å². The molecule has 0 fully saturated rings. The Morgan fingerprint density at radius 3 is 2.68 bits per heavy atom. The maximum absolute atomic E-state index is 13.5. The van der Waals surface area contributed by atoms with Gasteiger partial charge in [-0.2, -0.15) is 0 Å². The van der Waals surface area contributed by atoms with Gasteiger partial charge >= 0.3 is 0 Å². The van der Waals surface area contributed by atoms with Gasteiger partial charge in [0.2, 0.25) is 0 Å². The second kappa shape index (κ2) is 5.26. The van der Waals surface area contributed by atoms with E-state index in [1.807, 2.05) is 13.0 Å². The molecule has 0 amide bonds. The first-order valence-electron chi connectivity index (χ1n) is 5.88. The highest BCUT2D eigenvalue weighted by Gasteiger charge is 2.15. The highest BCUT2D eigenvalue weighted by molar-refractivity contribution is 5.97. The second-order valence-electron chi connectivity index (χ2n) is 4.49. The van der Waals surface area contributed by atoms with Crippen molar-refractivity contribution >= 4 is 5.78 Å². The topological polar surface area (TPSA) is 30.0 Å². The van der Waals surface area contributed by atoms with Crippen LogP contribution in [-0.2, 0) is 6.42 Å². The second-order valence-corrected chi connectivity index (χ2v) is 4.49. The summed E-state index contributed by atoms with van der Waals surface area (Å²) in [5.41, 5.74) is 2.04. The van der Waals surface area contributed by atoms with E-state index in [1.165, 1.54) is 12.1 Å². The Morgan fingerprint density at radius 1 is 1.26 bits per heavy atom.